The monoisotopic (exact) mass is 399 g/mol. The molecular formula is C22H25NO4S. The predicted octanol–water partition coefficient (Wildman–Crippen LogP) is 4.36. The van der Waals surface area contributed by atoms with Gasteiger partial charge in [0.05, 0.1) is 17.5 Å². The predicted molar refractivity (Wildman–Crippen MR) is 111 cm³/mol. The molecule has 1 heterocycles. The van der Waals surface area contributed by atoms with Crippen molar-refractivity contribution in [3.05, 3.63) is 59.8 Å². The number of aryl methyl sites for hydroxylation is 2. The molecule has 0 N–H and O–H groups in total. The molecule has 1 aromatic heterocycles. The number of benzene rings is 2. The number of carbonyl (C=O) groups is 1. The molecule has 5 nitrogen and oxygen atoms in total. The molecule has 0 aliphatic heterocycles. The van der Waals surface area contributed by atoms with Crippen molar-refractivity contribution in [1.82, 2.24) is 3.97 Å². The Morgan fingerprint density at radius 3 is 2.46 bits per heavy atom. The SMILES string of the molecule is CCCCc1ccc(S(=O)(=O)n2cc(CCC=O)c3cc(OC)ccc32)cc1. The van der Waals surface area contributed by atoms with E-state index in [1.165, 1.54) is 3.97 Å². The van der Waals surface area contributed by atoms with Crippen LogP contribution in [0.25, 0.3) is 10.9 Å². The Morgan fingerprint density at radius 2 is 1.82 bits per heavy atom. The van der Waals surface area contributed by atoms with Crippen molar-refractivity contribution in [1.29, 1.82) is 0 Å². The Balaban J connectivity index is 2.06. The van der Waals surface area contributed by atoms with Gasteiger partial charge in [-0.2, -0.15) is 0 Å². The molecule has 0 saturated carbocycles. The van der Waals surface area contributed by atoms with Gasteiger partial charge in [-0.05, 0) is 60.7 Å². The molecular weight excluding hydrogens is 374 g/mol. The summed E-state index contributed by atoms with van der Waals surface area (Å²) in [4.78, 5) is 11.1. The summed E-state index contributed by atoms with van der Waals surface area (Å²) in [6.07, 6.45) is 6.40. The van der Waals surface area contributed by atoms with Crippen LogP contribution in [0.5, 0.6) is 5.75 Å². The standard InChI is InChI=1S/C22H25NO4S/c1-3-4-6-17-8-11-20(12-9-17)28(25,26)23-16-18(7-5-14-24)21-15-19(27-2)10-13-22(21)23/h8-16H,3-7H2,1-2H3. The number of methoxy groups -OCH3 is 1. The summed E-state index contributed by atoms with van der Waals surface area (Å²) in [6.45, 7) is 2.13. The number of aldehydes is 1. The lowest BCUT2D eigenvalue weighted by atomic mass is 10.1. The van der Waals surface area contributed by atoms with Gasteiger partial charge in [0.15, 0.2) is 0 Å². The lowest BCUT2D eigenvalue weighted by Crippen LogP contribution is -2.12. The average molecular weight is 400 g/mol. The normalized spacial score (nSPS) is 11.6. The van der Waals surface area contributed by atoms with E-state index in [-0.39, 0.29) is 4.90 Å². The molecule has 0 fully saturated rings. The number of rotatable bonds is 9. The van der Waals surface area contributed by atoms with Crippen molar-refractivity contribution >= 4 is 27.2 Å². The second kappa shape index (κ2) is 8.61. The van der Waals surface area contributed by atoms with E-state index in [1.807, 2.05) is 18.2 Å². The van der Waals surface area contributed by atoms with E-state index in [9.17, 15) is 13.2 Å². The summed E-state index contributed by atoms with van der Waals surface area (Å²) < 4.78 is 33.1. The lowest BCUT2D eigenvalue weighted by molar-refractivity contribution is -0.107. The fourth-order valence-corrected chi connectivity index (χ4v) is 4.70. The minimum absolute atomic E-state index is 0.252. The number of unbranched alkanes of at least 4 members (excludes halogenated alkanes) is 1. The zero-order valence-electron chi connectivity index (χ0n) is 16.2. The molecule has 2 aromatic carbocycles. The molecule has 0 atom stereocenters. The van der Waals surface area contributed by atoms with Gasteiger partial charge in [0.25, 0.3) is 10.0 Å². The van der Waals surface area contributed by atoms with Gasteiger partial charge in [0.1, 0.15) is 12.0 Å². The Labute approximate surface area is 166 Å². The molecule has 0 aliphatic carbocycles. The van der Waals surface area contributed by atoms with Crippen LogP contribution in [-0.2, 0) is 27.7 Å². The van der Waals surface area contributed by atoms with Gasteiger partial charge < -0.3 is 9.53 Å². The molecule has 0 unspecified atom stereocenters. The van der Waals surface area contributed by atoms with Crippen LogP contribution < -0.4 is 4.74 Å². The topological polar surface area (TPSA) is 65.4 Å². The number of nitrogens with zero attached hydrogens (tertiary/aromatic N) is 1. The number of ether oxygens (including phenoxy) is 1. The van der Waals surface area contributed by atoms with Gasteiger partial charge in [0.2, 0.25) is 0 Å². The Bertz CT molecular complexity index is 1070. The number of aromatic nitrogens is 1. The van der Waals surface area contributed by atoms with Crippen molar-refractivity contribution in [2.24, 2.45) is 0 Å². The van der Waals surface area contributed by atoms with E-state index in [0.29, 0.717) is 24.1 Å². The molecule has 0 amide bonds. The van der Waals surface area contributed by atoms with E-state index in [1.54, 1.807) is 37.6 Å². The highest BCUT2D eigenvalue weighted by Crippen LogP contribution is 2.30. The van der Waals surface area contributed by atoms with Crippen LogP contribution in [-0.4, -0.2) is 25.8 Å². The van der Waals surface area contributed by atoms with Crippen molar-refractivity contribution < 1.29 is 17.9 Å². The van der Waals surface area contributed by atoms with Crippen LogP contribution in [0.15, 0.2) is 53.6 Å². The summed E-state index contributed by atoms with van der Waals surface area (Å²) >= 11 is 0. The zero-order chi connectivity index (χ0) is 20.1. The summed E-state index contributed by atoms with van der Waals surface area (Å²) in [6, 6.07) is 12.4. The van der Waals surface area contributed by atoms with E-state index in [0.717, 1.165) is 42.1 Å². The van der Waals surface area contributed by atoms with Gasteiger partial charge in [-0.3, -0.25) is 0 Å². The van der Waals surface area contributed by atoms with E-state index >= 15 is 0 Å². The molecule has 0 bridgehead atoms. The minimum atomic E-state index is -3.74. The average Bonchev–Trinajstić information content (AvgIpc) is 3.09. The fraction of sp³-hybridized carbons (Fsp3) is 0.318. The quantitative estimate of drug-likeness (QED) is 0.502. The Kier molecular flexibility index (Phi) is 6.19. The van der Waals surface area contributed by atoms with Gasteiger partial charge in [-0.15, -0.1) is 0 Å². The molecule has 0 saturated heterocycles. The molecule has 28 heavy (non-hydrogen) atoms. The highest BCUT2D eigenvalue weighted by molar-refractivity contribution is 7.90. The van der Waals surface area contributed by atoms with Crippen molar-refractivity contribution in [3.8, 4) is 5.75 Å². The van der Waals surface area contributed by atoms with Gasteiger partial charge in [0, 0.05) is 18.0 Å². The second-order valence-electron chi connectivity index (χ2n) is 6.79. The number of hydrogen-bond acceptors (Lipinski definition) is 4. The maximum Gasteiger partial charge on any atom is 0.268 e. The third kappa shape index (κ3) is 3.97. The summed E-state index contributed by atoms with van der Waals surface area (Å²) in [5.41, 5.74) is 2.52. The Hall–Kier alpha value is -2.60. The van der Waals surface area contributed by atoms with Gasteiger partial charge in [-0.25, -0.2) is 12.4 Å². The third-order valence-electron chi connectivity index (χ3n) is 4.89. The lowest BCUT2D eigenvalue weighted by Gasteiger charge is -2.09. The molecule has 148 valence electrons. The Morgan fingerprint density at radius 1 is 1.07 bits per heavy atom. The van der Waals surface area contributed by atoms with Crippen molar-refractivity contribution in [2.45, 2.75) is 43.9 Å². The maximum atomic E-state index is 13.3. The number of hydrogen-bond donors (Lipinski definition) is 0. The molecule has 3 rings (SSSR count). The number of fused-ring (bicyclic) bond motifs is 1. The molecule has 0 aliphatic rings. The van der Waals surface area contributed by atoms with Gasteiger partial charge in [-0.1, -0.05) is 25.5 Å². The maximum absolute atomic E-state index is 13.3. The van der Waals surface area contributed by atoms with Crippen LogP contribution in [0.1, 0.15) is 37.3 Å². The number of carbonyl (C=O) groups excluding carboxylic acids is 1. The first kappa shape index (κ1) is 20.1. The van der Waals surface area contributed by atoms with Gasteiger partial charge >= 0.3 is 0 Å². The third-order valence-corrected chi connectivity index (χ3v) is 6.58. The smallest absolute Gasteiger partial charge is 0.268 e. The highest BCUT2D eigenvalue weighted by Gasteiger charge is 2.21. The summed E-state index contributed by atoms with van der Waals surface area (Å²) in [5.74, 6) is 0.648. The molecule has 6 heteroatoms. The summed E-state index contributed by atoms with van der Waals surface area (Å²) in [5, 5.41) is 0.782. The molecule has 3 aromatic rings. The first-order valence-corrected chi connectivity index (χ1v) is 10.9. The fourth-order valence-electron chi connectivity index (χ4n) is 3.31. The van der Waals surface area contributed by atoms with E-state index in [2.05, 4.69) is 6.92 Å². The molecule has 0 radical (unpaired) electrons. The van der Waals surface area contributed by atoms with Crippen LogP contribution in [0, 0.1) is 0 Å². The largest absolute Gasteiger partial charge is 0.497 e. The second-order valence-corrected chi connectivity index (χ2v) is 8.61. The van der Waals surface area contributed by atoms with Crippen molar-refractivity contribution in [3.63, 3.8) is 0 Å². The zero-order valence-corrected chi connectivity index (χ0v) is 17.0. The highest BCUT2D eigenvalue weighted by atomic mass is 32.2. The summed E-state index contributed by atoms with van der Waals surface area (Å²) in [7, 11) is -2.17. The van der Waals surface area contributed by atoms with Crippen LogP contribution in [0.4, 0.5) is 0 Å². The van der Waals surface area contributed by atoms with Crippen LogP contribution in [0.3, 0.4) is 0 Å². The van der Waals surface area contributed by atoms with Crippen LogP contribution >= 0.6 is 0 Å². The van der Waals surface area contributed by atoms with Crippen LogP contribution in [0.2, 0.25) is 0 Å². The van der Waals surface area contributed by atoms with E-state index in [4.69, 9.17) is 4.74 Å². The first-order chi connectivity index (χ1) is 13.5. The minimum Gasteiger partial charge on any atom is -0.497 e. The molecule has 0 spiro atoms. The first-order valence-electron chi connectivity index (χ1n) is 9.47. The van der Waals surface area contributed by atoms with Crippen molar-refractivity contribution in [2.75, 3.05) is 7.11 Å². The van der Waals surface area contributed by atoms with E-state index < -0.39 is 10.0 Å².